The topological polar surface area (TPSA) is 15.3 Å². The van der Waals surface area contributed by atoms with Crippen LogP contribution in [0.2, 0.25) is 0 Å². The molecule has 7 heteroatoms. The van der Waals surface area contributed by atoms with Gasteiger partial charge >= 0.3 is 6.18 Å². The second-order valence-corrected chi connectivity index (χ2v) is 5.44. The molecule has 0 aromatic carbocycles. The Bertz CT molecular complexity index is 381. The summed E-state index contributed by atoms with van der Waals surface area (Å²) in [4.78, 5) is 2.47. The predicted octanol–water partition coefficient (Wildman–Crippen LogP) is 2.98. The van der Waals surface area contributed by atoms with E-state index in [4.69, 9.17) is 0 Å². The van der Waals surface area contributed by atoms with Gasteiger partial charge in [-0.2, -0.15) is 13.2 Å². The monoisotopic (exact) mass is 300 g/mol. The first-order chi connectivity index (χ1) is 7.99. The van der Waals surface area contributed by atoms with E-state index in [0.29, 0.717) is 12.6 Å². The lowest BCUT2D eigenvalue weighted by molar-refractivity contribution is -0.134. The lowest BCUT2D eigenvalue weighted by Gasteiger charge is -2.14. The molecule has 1 unspecified atom stereocenters. The fourth-order valence-corrected chi connectivity index (χ4v) is 2.97. The Kier molecular flexibility index (Phi) is 5.46. The number of halogens is 4. The minimum absolute atomic E-state index is 0. The molecule has 0 spiro atoms. The molecule has 0 aliphatic carbocycles. The zero-order valence-electron chi connectivity index (χ0n) is 9.96. The van der Waals surface area contributed by atoms with E-state index in [9.17, 15) is 13.2 Å². The number of likely N-dealkylation sites (tertiary alicyclic amines) is 1. The van der Waals surface area contributed by atoms with Crippen molar-refractivity contribution in [3.63, 3.8) is 0 Å². The summed E-state index contributed by atoms with van der Waals surface area (Å²) in [5, 5.41) is 3.19. The van der Waals surface area contributed by atoms with Crippen molar-refractivity contribution in [2.24, 2.45) is 0 Å². The van der Waals surface area contributed by atoms with E-state index in [2.05, 4.69) is 10.2 Å². The number of rotatable bonds is 3. The van der Waals surface area contributed by atoms with Gasteiger partial charge in [0.1, 0.15) is 4.88 Å². The van der Waals surface area contributed by atoms with Crippen LogP contribution in [0.15, 0.2) is 12.1 Å². The third kappa shape index (κ3) is 3.85. The first-order valence-corrected chi connectivity index (χ1v) is 6.36. The molecule has 2 rings (SSSR count). The van der Waals surface area contributed by atoms with Crippen molar-refractivity contribution < 1.29 is 13.2 Å². The van der Waals surface area contributed by atoms with Crippen LogP contribution >= 0.6 is 23.7 Å². The number of nitrogens with zero attached hydrogens (tertiary/aromatic N) is 1. The Labute approximate surface area is 115 Å². The normalized spacial score (nSPS) is 21.0. The van der Waals surface area contributed by atoms with Crippen molar-refractivity contribution in [1.82, 2.24) is 10.2 Å². The fraction of sp³-hybridized carbons (Fsp3) is 0.636. The second-order valence-electron chi connectivity index (χ2n) is 4.27. The summed E-state index contributed by atoms with van der Waals surface area (Å²) in [6, 6.07) is 3.23. The van der Waals surface area contributed by atoms with Gasteiger partial charge in [-0.3, -0.25) is 4.90 Å². The molecular formula is C11H16ClF3N2S. The predicted molar refractivity (Wildman–Crippen MR) is 69.3 cm³/mol. The van der Waals surface area contributed by atoms with Gasteiger partial charge in [0.15, 0.2) is 0 Å². The van der Waals surface area contributed by atoms with Gasteiger partial charge in [0, 0.05) is 30.6 Å². The Balaban J connectivity index is 0.00000162. The summed E-state index contributed by atoms with van der Waals surface area (Å²) in [5.74, 6) is 0. The van der Waals surface area contributed by atoms with Gasteiger partial charge in [0.2, 0.25) is 0 Å². The molecule has 0 radical (unpaired) electrons. The van der Waals surface area contributed by atoms with Crippen molar-refractivity contribution in [3.8, 4) is 0 Å². The highest BCUT2D eigenvalue weighted by atomic mass is 35.5. The minimum Gasteiger partial charge on any atom is -0.316 e. The molecule has 1 saturated heterocycles. The summed E-state index contributed by atoms with van der Waals surface area (Å²) < 4.78 is 37.3. The molecular weight excluding hydrogens is 285 g/mol. The molecule has 104 valence electrons. The first-order valence-electron chi connectivity index (χ1n) is 5.54. The molecule has 1 N–H and O–H groups in total. The van der Waals surface area contributed by atoms with E-state index in [0.717, 1.165) is 35.7 Å². The van der Waals surface area contributed by atoms with Crippen molar-refractivity contribution >= 4 is 23.7 Å². The van der Waals surface area contributed by atoms with Gasteiger partial charge in [-0.25, -0.2) is 0 Å². The van der Waals surface area contributed by atoms with Crippen LogP contribution in [0.1, 0.15) is 16.2 Å². The van der Waals surface area contributed by atoms with Gasteiger partial charge in [0.05, 0.1) is 0 Å². The Morgan fingerprint density at radius 3 is 2.67 bits per heavy atom. The second kappa shape index (κ2) is 6.23. The number of hydrogen-bond donors (Lipinski definition) is 1. The molecule has 1 aromatic rings. The van der Waals surface area contributed by atoms with Crippen LogP contribution in [0, 0.1) is 0 Å². The van der Waals surface area contributed by atoms with Gasteiger partial charge in [-0.05, 0) is 25.6 Å². The van der Waals surface area contributed by atoms with Crippen LogP contribution in [0.5, 0.6) is 0 Å². The highest BCUT2D eigenvalue weighted by molar-refractivity contribution is 7.12. The first kappa shape index (κ1) is 15.8. The van der Waals surface area contributed by atoms with Crippen molar-refractivity contribution in [2.45, 2.75) is 25.2 Å². The summed E-state index contributed by atoms with van der Waals surface area (Å²) in [7, 11) is 1.92. The maximum Gasteiger partial charge on any atom is 0.425 e. The number of thiophene rings is 1. The minimum atomic E-state index is -4.21. The highest BCUT2D eigenvalue weighted by Crippen LogP contribution is 2.35. The van der Waals surface area contributed by atoms with Crippen LogP contribution in [0.4, 0.5) is 13.2 Å². The van der Waals surface area contributed by atoms with E-state index < -0.39 is 11.1 Å². The van der Waals surface area contributed by atoms with E-state index >= 15 is 0 Å². The third-order valence-corrected chi connectivity index (χ3v) is 4.12. The average Bonchev–Trinajstić information content (AvgIpc) is 2.86. The molecule has 1 fully saturated rings. The maximum absolute atomic E-state index is 12.4. The summed E-state index contributed by atoms with van der Waals surface area (Å²) in [6.45, 7) is 2.49. The summed E-state index contributed by atoms with van der Waals surface area (Å²) in [5.41, 5.74) is 0. The van der Waals surface area contributed by atoms with Gasteiger partial charge in [-0.1, -0.05) is 0 Å². The Morgan fingerprint density at radius 2 is 2.17 bits per heavy atom. The van der Waals surface area contributed by atoms with Gasteiger partial charge in [-0.15, -0.1) is 23.7 Å². The Morgan fingerprint density at radius 1 is 1.44 bits per heavy atom. The molecule has 1 aliphatic rings. The summed E-state index contributed by atoms with van der Waals surface area (Å²) in [6.07, 6.45) is -3.14. The number of hydrogen-bond acceptors (Lipinski definition) is 3. The van der Waals surface area contributed by atoms with Crippen LogP contribution in [-0.4, -0.2) is 31.1 Å². The molecule has 1 aromatic heterocycles. The molecule has 18 heavy (non-hydrogen) atoms. The van der Waals surface area contributed by atoms with Gasteiger partial charge < -0.3 is 5.32 Å². The quantitative estimate of drug-likeness (QED) is 0.923. The van der Waals surface area contributed by atoms with E-state index in [1.54, 1.807) is 6.07 Å². The van der Waals surface area contributed by atoms with Crippen molar-refractivity contribution in [3.05, 3.63) is 21.9 Å². The van der Waals surface area contributed by atoms with E-state index in [1.165, 1.54) is 6.07 Å². The van der Waals surface area contributed by atoms with Crippen molar-refractivity contribution in [2.75, 3.05) is 20.1 Å². The lowest BCUT2D eigenvalue weighted by atomic mass is 10.3. The molecule has 1 aliphatic heterocycles. The van der Waals surface area contributed by atoms with Crippen LogP contribution in [0.3, 0.4) is 0 Å². The zero-order chi connectivity index (χ0) is 12.5. The van der Waals surface area contributed by atoms with Crippen LogP contribution in [0.25, 0.3) is 0 Å². The number of nitrogens with one attached hydrogen (secondary N) is 1. The standard InChI is InChI=1S/C11H15F3N2S.ClH/c1-15-8-4-5-16(6-8)7-9-2-3-10(17-9)11(12,13)14;/h2-3,8,15H,4-7H2,1H3;1H. The lowest BCUT2D eigenvalue weighted by Crippen LogP contribution is -2.29. The van der Waals surface area contributed by atoms with Crippen LogP contribution < -0.4 is 5.32 Å². The largest absolute Gasteiger partial charge is 0.425 e. The maximum atomic E-state index is 12.4. The van der Waals surface area contributed by atoms with Gasteiger partial charge in [0.25, 0.3) is 0 Å². The number of alkyl halides is 3. The Hall–Kier alpha value is -0.300. The molecule has 2 nitrogen and oxygen atoms in total. The average molecular weight is 301 g/mol. The highest BCUT2D eigenvalue weighted by Gasteiger charge is 2.32. The zero-order valence-corrected chi connectivity index (χ0v) is 11.6. The number of likely N-dealkylation sites (N-methyl/N-ethyl adjacent to an activating group) is 1. The molecule has 0 saturated carbocycles. The summed E-state index contributed by atoms with van der Waals surface area (Å²) >= 11 is 0.848. The third-order valence-electron chi connectivity index (χ3n) is 3.00. The smallest absolute Gasteiger partial charge is 0.316 e. The SMILES string of the molecule is CNC1CCN(Cc2ccc(C(F)(F)F)s2)C1.Cl. The van der Waals surface area contributed by atoms with E-state index in [-0.39, 0.29) is 12.4 Å². The molecule has 0 amide bonds. The van der Waals surface area contributed by atoms with Crippen LogP contribution in [-0.2, 0) is 12.7 Å². The van der Waals surface area contributed by atoms with Crippen molar-refractivity contribution in [1.29, 1.82) is 0 Å². The molecule has 2 heterocycles. The fourth-order valence-electron chi connectivity index (χ4n) is 2.05. The molecule has 1 atom stereocenters. The van der Waals surface area contributed by atoms with E-state index in [1.807, 2.05) is 7.05 Å². The molecule has 0 bridgehead atoms.